The molecule has 0 unspecified atom stereocenters. The number of amides is 1. The first-order chi connectivity index (χ1) is 13.9. The van der Waals surface area contributed by atoms with E-state index in [9.17, 15) is 14.4 Å². The third kappa shape index (κ3) is 5.02. The van der Waals surface area contributed by atoms with Crippen LogP contribution in [0.3, 0.4) is 0 Å². The molecule has 9 nitrogen and oxygen atoms in total. The number of rotatable bonds is 7. The molecule has 0 aliphatic heterocycles. The van der Waals surface area contributed by atoms with Gasteiger partial charge in [0.1, 0.15) is 0 Å². The molecule has 29 heavy (non-hydrogen) atoms. The molecule has 3 rings (SSSR count). The minimum absolute atomic E-state index is 0.0961. The Morgan fingerprint density at radius 3 is 2.66 bits per heavy atom. The maximum atomic E-state index is 12.2. The number of aromatic nitrogens is 4. The maximum Gasteiger partial charge on any atom is 0.328 e. The lowest BCUT2D eigenvalue weighted by Gasteiger charge is -2.05. The molecule has 2 N–H and O–H groups in total. The summed E-state index contributed by atoms with van der Waals surface area (Å²) in [6.07, 6.45) is 1.03. The lowest BCUT2D eigenvalue weighted by atomic mass is 10.1. The fraction of sp³-hybridized carbons (Fsp3) is 0.316. The average molecular weight is 415 g/mol. The van der Waals surface area contributed by atoms with Crippen molar-refractivity contribution in [3.63, 3.8) is 0 Å². The van der Waals surface area contributed by atoms with Crippen LogP contribution in [0.1, 0.15) is 29.6 Å². The Hall–Kier alpha value is -3.14. The SMILES string of the molecule is CCc1ccc(NC(=O)CSc2nnc(Cc3c(C)[nH]c(=O)n(C)c3=O)o2)cc1. The fourth-order valence-corrected chi connectivity index (χ4v) is 3.23. The molecule has 0 saturated heterocycles. The Morgan fingerprint density at radius 1 is 1.24 bits per heavy atom. The third-order valence-electron chi connectivity index (χ3n) is 4.36. The Balaban J connectivity index is 1.59. The Kier molecular flexibility index (Phi) is 6.32. The van der Waals surface area contributed by atoms with E-state index in [0.717, 1.165) is 28.4 Å². The lowest BCUT2D eigenvalue weighted by molar-refractivity contribution is -0.113. The summed E-state index contributed by atoms with van der Waals surface area (Å²) in [4.78, 5) is 38.5. The van der Waals surface area contributed by atoms with Gasteiger partial charge in [-0.05, 0) is 31.0 Å². The van der Waals surface area contributed by atoms with Crippen molar-refractivity contribution in [2.24, 2.45) is 7.05 Å². The van der Waals surface area contributed by atoms with Crippen molar-refractivity contribution < 1.29 is 9.21 Å². The first-order valence-electron chi connectivity index (χ1n) is 9.00. The predicted octanol–water partition coefficient (Wildman–Crippen LogP) is 1.65. The van der Waals surface area contributed by atoms with Gasteiger partial charge < -0.3 is 14.7 Å². The largest absolute Gasteiger partial charge is 0.416 e. The monoisotopic (exact) mass is 415 g/mol. The van der Waals surface area contributed by atoms with Crippen molar-refractivity contribution in [3.05, 3.63) is 67.8 Å². The van der Waals surface area contributed by atoms with Crippen molar-refractivity contribution in [3.8, 4) is 0 Å². The Labute approximate surface area is 170 Å². The van der Waals surface area contributed by atoms with E-state index in [4.69, 9.17) is 4.42 Å². The highest BCUT2D eigenvalue weighted by Crippen LogP contribution is 2.18. The summed E-state index contributed by atoms with van der Waals surface area (Å²) in [5.74, 6) is 0.149. The van der Waals surface area contributed by atoms with Crippen LogP contribution in [-0.4, -0.2) is 31.4 Å². The number of nitrogens with zero attached hydrogens (tertiary/aromatic N) is 3. The molecule has 0 aliphatic rings. The highest BCUT2D eigenvalue weighted by molar-refractivity contribution is 7.99. The van der Waals surface area contributed by atoms with Gasteiger partial charge in [0, 0.05) is 24.0 Å². The number of nitrogens with one attached hydrogen (secondary N) is 2. The average Bonchev–Trinajstić information content (AvgIpc) is 3.16. The van der Waals surface area contributed by atoms with E-state index >= 15 is 0 Å². The quantitative estimate of drug-likeness (QED) is 0.563. The predicted molar refractivity (Wildman–Crippen MR) is 109 cm³/mol. The lowest BCUT2D eigenvalue weighted by Crippen LogP contribution is -2.36. The molecule has 0 saturated carbocycles. The molecule has 3 aromatic rings. The number of hydrogen-bond acceptors (Lipinski definition) is 7. The number of aromatic amines is 1. The van der Waals surface area contributed by atoms with Gasteiger partial charge in [0.05, 0.1) is 12.2 Å². The first-order valence-corrected chi connectivity index (χ1v) is 9.98. The molecule has 2 aromatic heterocycles. The number of aryl methyl sites for hydroxylation is 2. The summed E-state index contributed by atoms with van der Waals surface area (Å²) < 4.78 is 6.51. The summed E-state index contributed by atoms with van der Waals surface area (Å²) in [6.45, 7) is 3.71. The highest BCUT2D eigenvalue weighted by atomic mass is 32.2. The molecule has 152 valence electrons. The molecule has 10 heteroatoms. The van der Waals surface area contributed by atoms with Crippen LogP contribution in [0.2, 0.25) is 0 Å². The van der Waals surface area contributed by atoms with Crippen LogP contribution in [-0.2, 0) is 24.7 Å². The van der Waals surface area contributed by atoms with Crippen LogP contribution in [0, 0.1) is 6.92 Å². The molecule has 0 aliphatic carbocycles. The minimum atomic E-state index is -0.478. The van der Waals surface area contributed by atoms with Gasteiger partial charge in [-0.2, -0.15) is 0 Å². The van der Waals surface area contributed by atoms with E-state index in [1.165, 1.54) is 12.6 Å². The van der Waals surface area contributed by atoms with Crippen LogP contribution < -0.4 is 16.6 Å². The Bertz CT molecular complexity index is 1130. The topological polar surface area (TPSA) is 123 Å². The van der Waals surface area contributed by atoms with Crippen molar-refractivity contribution >= 4 is 23.4 Å². The highest BCUT2D eigenvalue weighted by Gasteiger charge is 2.15. The second kappa shape index (κ2) is 8.91. The summed E-state index contributed by atoms with van der Waals surface area (Å²) in [6, 6.07) is 7.66. The number of thioether (sulfide) groups is 1. The van der Waals surface area contributed by atoms with Crippen molar-refractivity contribution in [1.82, 2.24) is 19.7 Å². The molecule has 1 amide bonds. The normalized spacial score (nSPS) is 10.9. The molecule has 2 heterocycles. The zero-order valence-electron chi connectivity index (χ0n) is 16.3. The molecule has 0 bridgehead atoms. The third-order valence-corrected chi connectivity index (χ3v) is 5.18. The van der Waals surface area contributed by atoms with Crippen molar-refractivity contribution in [2.75, 3.05) is 11.1 Å². The summed E-state index contributed by atoms with van der Waals surface area (Å²) in [5, 5.41) is 10.9. The molecule has 0 fully saturated rings. The molecule has 0 atom stereocenters. The van der Waals surface area contributed by atoms with Gasteiger partial charge in [-0.15, -0.1) is 10.2 Å². The smallest absolute Gasteiger partial charge is 0.328 e. The van der Waals surface area contributed by atoms with Crippen LogP contribution in [0.5, 0.6) is 0 Å². The van der Waals surface area contributed by atoms with Gasteiger partial charge in [-0.3, -0.25) is 14.2 Å². The number of benzene rings is 1. The molecule has 1 aromatic carbocycles. The first kappa shape index (κ1) is 20.6. The molecular formula is C19H21N5O4S. The maximum absolute atomic E-state index is 12.2. The van der Waals surface area contributed by atoms with E-state index in [1.54, 1.807) is 6.92 Å². The van der Waals surface area contributed by atoms with Crippen LogP contribution in [0.25, 0.3) is 0 Å². The second-order valence-corrected chi connectivity index (χ2v) is 7.35. The summed E-state index contributed by atoms with van der Waals surface area (Å²) in [5.41, 5.74) is 1.87. The van der Waals surface area contributed by atoms with Crippen LogP contribution in [0.15, 0.2) is 43.5 Å². The zero-order valence-corrected chi connectivity index (χ0v) is 17.1. The molecular weight excluding hydrogens is 394 g/mol. The second-order valence-electron chi connectivity index (χ2n) is 6.42. The molecule has 0 spiro atoms. The van der Waals surface area contributed by atoms with Crippen LogP contribution in [0.4, 0.5) is 5.69 Å². The van der Waals surface area contributed by atoms with Crippen molar-refractivity contribution in [1.29, 1.82) is 0 Å². The number of carbonyl (C=O) groups is 1. The van der Waals surface area contributed by atoms with Gasteiger partial charge in [0.25, 0.3) is 10.8 Å². The standard InChI is InChI=1S/C19H21N5O4S/c1-4-12-5-7-13(8-6-12)21-15(25)10-29-19-23-22-16(28-19)9-14-11(2)20-18(27)24(3)17(14)26/h5-8H,4,9-10H2,1-3H3,(H,20,27)(H,21,25). The number of carbonyl (C=O) groups excluding carboxylic acids is 1. The van der Waals surface area contributed by atoms with Gasteiger partial charge in [0.2, 0.25) is 11.8 Å². The van der Waals surface area contributed by atoms with Gasteiger partial charge in [0.15, 0.2) is 0 Å². The fourth-order valence-electron chi connectivity index (χ4n) is 2.65. The molecule has 0 radical (unpaired) electrons. The zero-order chi connectivity index (χ0) is 21.0. The van der Waals surface area contributed by atoms with Crippen LogP contribution >= 0.6 is 11.8 Å². The number of H-pyrrole nitrogens is 1. The summed E-state index contributed by atoms with van der Waals surface area (Å²) >= 11 is 1.11. The van der Waals surface area contributed by atoms with E-state index in [1.807, 2.05) is 24.3 Å². The minimum Gasteiger partial charge on any atom is -0.416 e. The van der Waals surface area contributed by atoms with Gasteiger partial charge >= 0.3 is 5.69 Å². The van der Waals surface area contributed by atoms with E-state index in [0.29, 0.717) is 11.3 Å². The van der Waals surface area contributed by atoms with Gasteiger partial charge in [-0.1, -0.05) is 30.8 Å². The van der Waals surface area contributed by atoms with E-state index in [-0.39, 0.29) is 29.2 Å². The van der Waals surface area contributed by atoms with E-state index in [2.05, 4.69) is 27.4 Å². The number of anilines is 1. The van der Waals surface area contributed by atoms with E-state index < -0.39 is 11.2 Å². The van der Waals surface area contributed by atoms with Crippen molar-refractivity contribution in [2.45, 2.75) is 31.9 Å². The number of hydrogen-bond donors (Lipinski definition) is 2. The summed E-state index contributed by atoms with van der Waals surface area (Å²) in [7, 11) is 1.40. The van der Waals surface area contributed by atoms with Gasteiger partial charge in [-0.25, -0.2) is 4.79 Å². The Morgan fingerprint density at radius 2 is 1.97 bits per heavy atom.